The van der Waals surface area contributed by atoms with Gasteiger partial charge in [-0.2, -0.15) is 0 Å². The maximum Gasteiger partial charge on any atom is 0.302 e. The number of aldehydes is 1. The molecule has 1 unspecified atom stereocenters. The van der Waals surface area contributed by atoms with Gasteiger partial charge in [-0.25, -0.2) is 4.98 Å². The summed E-state index contributed by atoms with van der Waals surface area (Å²) in [6.07, 6.45) is 5.15. The number of nitrogens with one attached hydrogen (secondary N) is 1. The van der Waals surface area contributed by atoms with E-state index < -0.39 is 5.41 Å². The van der Waals surface area contributed by atoms with E-state index in [1.165, 1.54) is 24.5 Å². The smallest absolute Gasteiger partial charge is 0.302 e. The highest BCUT2D eigenvalue weighted by Gasteiger charge is 2.30. The fraction of sp³-hybridized carbons (Fsp3) is 0.581. The molecule has 0 bridgehead atoms. The molecule has 230 valence electrons. The van der Waals surface area contributed by atoms with E-state index in [-0.39, 0.29) is 24.4 Å². The second-order valence-corrected chi connectivity index (χ2v) is 10.8. The van der Waals surface area contributed by atoms with Gasteiger partial charge in [0.2, 0.25) is 12.3 Å². The van der Waals surface area contributed by atoms with Crippen molar-refractivity contribution in [1.29, 1.82) is 0 Å². The van der Waals surface area contributed by atoms with E-state index in [1.807, 2.05) is 43.3 Å². The van der Waals surface area contributed by atoms with E-state index in [0.717, 1.165) is 50.0 Å². The zero-order valence-corrected chi connectivity index (χ0v) is 26.8. The number of nitrogens with zero attached hydrogens (tertiary/aromatic N) is 2. The molecule has 2 amide bonds. The zero-order chi connectivity index (χ0) is 31.3. The Bertz CT molecular complexity index is 1020. The van der Waals surface area contributed by atoms with Gasteiger partial charge in [0.1, 0.15) is 6.29 Å². The fourth-order valence-corrected chi connectivity index (χ4v) is 4.35. The molecular weight excluding hydrogens is 542 g/mol. The Morgan fingerprint density at radius 2 is 1.83 bits per heavy atom. The van der Waals surface area contributed by atoms with E-state index in [0.29, 0.717) is 19.5 Å². The first-order valence-corrected chi connectivity index (χ1v) is 15.0. The lowest BCUT2D eigenvalue weighted by Crippen LogP contribution is -2.34. The topological polar surface area (TPSA) is 115 Å². The van der Waals surface area contributed by atoms with Crippen LogP contribution in [0, 0.1) is 12.3 Å². The number of carbonyl (C=O) groups excluding carboxylic acids is 4. The normalized spacial score (nSPS) is 13.8. The van der Waals surface area contributed by atoms with Crippen LogP contribution in [0.5, 0.6) is 0 Å². The van der Waals surface area contributed by atoms with E-state index in [1.54, 1.807) is 25.2 Å². The molecule has 1 aliphatic heterocycles. The summed E-state index contributed by atoms with van der Waals surface area (Å²) >= 11 is 1.64. The van der Waals surface area contributed by atoms with Gasteiger partial charge in [0, 0.05) is 45.0 Å². The first-order chi connectivity index (χ1) is 19.6. The molecule has 0 spiro atoms. The first-order valence-electron chi connectivity index (χ1n) is 14.1. The molecule has 0 aliphatic carbocycles. The molecule has 41 heavy (non-hydrogen) atoms. The van der Waals surface area contributed by atoms with Crippen LogP contribution in [0.25, 0.3) is 10.4 Å². The van der Waals surface area contributed by atoms with Crippen LogP contribution in [0.2, 0.25) is 0 Å². The highest BCUT2D eigenvalue weighted by atomic mass is 32.1. The summed E-state index contributed by atoms with van der Waals surface area (Å²) in [5.74, 6) is -0.182. The summed E-state index contributed by atoms with van der Waals surface area (Å²) in [6.45, 7) is 15.9. The summed E-state index contributed by atoms with van der Waals surface area (Å²) in [7, 11) is 1.35. The second-order valence-electron chi connectivity index (χ2n) is 9.92. The van der Waals surface area contributed by atoms with Crippen LogP contribution >= 0.6 is 11.3 Å². The van der Waals surface area contributed by atoms with Gasteiger partial charge in [-0.3, -0.25) is 14.4 Å². The van der Waals surface area contributed by atoms with Crippen LogP contribution in [0.3, 0.4) is 0 Å². The van der Waals surface area contributed by atoms with Crippen molar-refractivity contribution in [3.63, 3.8) is 0 Å². The summed E-state index contributed by atoms with van der Waals surface area (Å²) in [5.41, 5.74) is 4.63. The molecule has 0 radical (unpaired) electrons. The van der Waals surface area contributed by atoms with Gasteiger partial charge in [0.15, 0.2) is 0 Å². The summed E-state index contributed by atoms with van der Waals surface area (Å²) < 4.78 is 9.83. The minimum absolute atomic E-state index is 0.0636. The quantitative estimate of drug-likeness (QED) is 0.206. The molecule has 2 aromatic rings. The SMILES string of the molecule is CC.CCCCOC1CCN(C(=O)CC(C)(C)C=O)C1.COC(C)=O.Cc1ncsc1-c1ccc(CNC=O)cc1. The highest BCUT2D eigenvalue weighted by molar-refractivity contribution is 7.13. The number of methoxy groups -OCH3 is 1. The van der Waals surface area contributed by atoms with E-state index >= 15 is 0 Å². The number of hydrogen-bond donors (Lipinski definition) is 1. The Morgan fingerprint density at radius 1 is 1.20 bits per heavy atom. The van der Waals surface area contributed by atoms with Gasteiger partial charge in [0.05, 0.1) is 29.3 Å². The third-order valence-electron chi connectivity index (χ3n) is 5.91. The molecule has 2 heterocycles. The number of amides is 2. The Morgan fingerprint density at radius 3 is 2.32 bits per heavy atom. The molecule has 1 atom stereocenters. The van der Waals surface area contributed by atoms with Crippen molar-refractivity contribution >= 4 is 35.9 Å². The largest absolute Gasteiger partial charge is 0.469 e. The third-order valence-corrected chi connectivity index (χ3v) is 6.89. The average Bonchev–Trinajstić information content (AvgIpc) is 3.63. The number of aromatic nitrogens is 1. The molecule has 1 aromatic carbocycles. The number of hydrogen-bond acceptors (Lipinski definition) is 8. The van der Waals surface area contributed by atoms with Crippen LogP contribution in [0.1, 0.15) is 78.5 Å². The van der Waals surface area contributed by atoms with Crippen LogP contribution in [-0.2, 0) is 35.2 Å². The predicted molar refractivity (Wildman–Crippen MR) is 165 cm³/mol. The molecule has 3 rings (SSSR count). The van der Waals surface area contributed by atoms with Crippen molar-refractivity contribution < 1.29 is 28.7 Å². The minimum atomic E-state index is -0.557. The molecule has 1 fully saturated rings. The molecule has 9 nitrogen and oxygen atoms in total. The Balaban J connectivity index is 0.000000640. The monoisotopic (exact) mass is 591 g/mol. The van der Waals surface area contributed by atoms with E-state index in [4.69, 9.17) is 4.74 Å². The van der Waals surface area contributed by atoms with Crippen LogP contribution in [0.15, 0.2) is 29.8 Å². The van der Waals surface area contributed by atoms with Crippen molar-refractivity contribution in [2.24, 2.45) is 5.41 Å². The molecule has 0 saturated carbocycles. The number of rotatable bonds is 11. The van der Waals surface area contributed by atoms with Gasteiger partial charge in [0.25, 0.3) is 0 Å². The van der Waals surface area contributed by atoms with E-state index in [9.17, 15) is 19.2 Å². The standard InChI is InChI=1S/C14H25NO3.C12H12N2OS.C3H6O2.C2H6/c1-4-5-8-18-12-6-7-15(10-12)13(17)9-14(2,3)11-16;1-9-12(16-8-14-9)11-4-2-10(3-5-11)6-13-7-15;1-3(4)5-2;1-2/h11-12H,4-10H2,1-3H3;2-5,7-8H,6H2,1H3,(H,13,15);1-2H3;1-2H3. The number of unbranched alkanes of at least 4 members (excludes halogenated alkanes) is 1. The van der Waals surface area contributed by atoms with Crippen LogP contribution in [-0.4, -0.2) is 67.4 Å². The first kappa shape index (κ1) is 37.9. The number of carbonyl (C=O) groups is 4. The van der Waals surface area contributed by atoms with Crippen LogP contribution < -0.4 is 5.32 Å². The zero-order valence-electron chi connectivity index (χ0n) is 26.0. The molecule has 1 aliphatic rings. The van der Waals surface area contributed by atoms with E-state index in [2.05, 4.69) is 34.1 Å². The van der Waals surface area contributed by atoms with Crippen molar-refractivity contribution in [2.75, 3.05) is 26.8 Å². The van der Waals surface area contributed by atoms with Crippen molar-refractivity contribution in [3.05, 3.63) is 41.0 Å². The fourth-order valence-electron chi connectivity index (χ4n) is 3.54. The second kappa shape index (κ2) is 21.6. The van der Waals surface area contributed by atoms with Gasteiger partial charge < -0.3 is 24.5 Å². The molecule has 1 aromatic heterocycles. The number of esters is 1. The average molecular weight is 592 g/mol. The van der Waals surface area contributed by atoms with Crippen molar-refractivity contribution in [1.82, 2.24) is 15.2 Å². The lowest BCUT2D eigenvalue weighted by molar-refractivity contribution is -0.138. The molecule has 1 N–H and O–H groups in total. The number of thiazole rings is 1. The maximum absolute atomic E-state index is 12.0. The number of aryl methyl sites for hydroxylation is 1. The van der Waals surface area contributed by atoms with Crippen LogP contribution in [0.4, 0.5) is 0 Å². The Labute approximate surface area is 250 Å². The predicted octanol–water partition coefficient (Wildman–Crippen LogP) is 5.59. The summed E-state index contributed by atoms with van der Waals surface area (Å²) in [4.78, 5) is 49.8. The molecule has 10 heteroatoms. The van der Waals surface area contributed by atoms with Gasteiger partial charge >= 0.3 is 5.97 Å². The van der Waals surface area contributed by atoms with Crippen molar-refractivity contribution in [2.45, 2.75) is 86.8 Å². The number of ether oxygens (including phenoxy) is 2. The summed E-state index contributed by atoms with van der Waals surface area (Å²) in [6, 6.07) is 8.15. The molecule has 1 saturated heterocycles. The lowest BCUT2D eigenvalue weighted by atomic mass is 9.91. The highest BCUT2D eigenvalue weighted by Crippen LogP contribution is 2.27. The Hall–Kier alpha value is -3.11. The summed E-state index contributed by atoms with van der Waals surface area (Å²) in [5, 5.41) is 2.64. The third kappa shape index (κ3) is 16.1. The number of benzene rings is 1. The lowest BCUT2D eigenvalue weighted by Gasteiger charge is -2.22. The van der Waals surface area contributed by atoms with Crippen molar-refractivity contribution in [3.8, 4) is 10.4 Å². The Kier molecular flexibility index (Phi) is 20.0. The maximum atomic E-state index is 12.0. The minimum Gasteiger partial charge on any atom is -0.469 e. The van der Waals surface area contributed by atoms with Gasteiger partial charge in [-0.15, -0.1) is 11.3 Å². The van der Waals surface area contributed by atoms with Gasteiger partial charge in [-0.1, -0.05) is 65.3 Å². The van der Waals surface area contributed by atoms with Gasteiger partial charge in [-0.05, 0) is 30.9 Å². The molecular formula is C31H49N3O6S. The number of likely N-dealkylation sites (tertiary alicyclic amines) is 1.